The van der Waals surface area contributed by atoms with E-state index in [4.69, 9.17) is 9.47 Å². The van der Waals surface area contributed by atoms with Crippen molar-refractivity contribution < 1.29 is 9.47 Å². The van der Waals surface area contributed by atoms with Crippen molar-refractivity contribution in [2.75, 3.05) is 0 Å². The van der Waals surface area contributed by atoms with Crippen molar-refractivity contribution in [1.29, 1.82) is 0 Å². The van der Waals surface area contributed by atoms with Crippen molar-refractivity contribution in [3.8, 4) is 11.6 Å². The fraction of sp³-hybridized carbons (Fsp3) is 0.583. The zero-order chi connectivity index (χ0) is 10.8. The Morgan fingerprint density at radius 3 is 2.73 bits per heavy atom. The maximum absolute atomic E-state index is 5.76. The predicted octanol–water partition coefficient (Wildman–Crippen LogP) is 2.72. The van der Waals surface area contributed by atoms with Gasteiger partial charge in [0, 0.05) is 6.20 Å². The van der Waals surface area contributed by atoms with Gasteiger partial charge in [0.25, 0.3) is 0 Å². The number of aromatic nitrogens is 1. The fourth-order valence-corrected chi connectivity index (χ4v) is 1.34. The van der Waals surface area contributed by atoms with E-state index in [-0.39, 0.29) is 6.10 Å². The highest BCUT2D eigenvalue weighted by Crippen LogP contribution is 2.31. The van der Waals surface area contributed by atoms with E-state index >= 15 is 0 Å². The van der Waals surface area contributed by atoms with Gasteiger partial charge < -0.3 is 9.47 Å². The standard InChI is InChI=1S/C12H17NO2/c1-8(2)14-12-9(3)11(6-7-13-12)15-10-4-5-10/h6-8,10H,4-5H2,1-3H3. The summed E-state index contributed by atoms with van der Waals surface area (Å²) in [5.74, 6) is 1.59. The summed E-state index contributed by atoms with van der Waals surface area (Å²) in [5.41, 5.74) is 0.998. The first-order valence-corrected chi connectivity index (χ1v) is 5.45. The molecule has 1 saturated carbocycles. The summed E-state index contributed by atoms with van der Waals surface area (Å²) in [6, 6.07) is 1.90. The summed E-state index contributed by atoms with van der Waals surface area (Å²) < 4.78 is 11.4. The van der Waals surface area contributed by atoms with E-state index in [0.29, 0.717) is 12.0 Å². The molecule has 3 heteroatoms. The first kappa shape index (κ1) is 10.3. The minimum absolute atomic E-state index is 0.146. The molecule has 1 aromatic heterocycles. The lowest BCUT2D eigenvalue weighted by Crippen LogP contribution is -2.09. The molecule has 1 fully saturated rings. The molecular formula is C12H17NO2. The quantitative estimate of drug-likeness (QED) is 0.760. The van der Waals surface area contributed by atoms with Gasteiger partial charge in [-0.15, -0.1) is 0 Å². The maximum atomic E-state index is 5.76. The highest BCUT2D eigenvalue weighted by atomic mass is 16.5. The first-order valence-electron chi connectivity index (χ1n) is 5.45. The lowest BCUT2D eigenvalue weighted by molar-refractivity contribution is 0.227. The molecule has 0 unspecified atom stereocenters. The molecule has 15 heavy (non-hydrogen) atoms. The lowest BCUT2D eigenvalue weighted by atomic mass is 10.3. The summed E-state index contributed by atoms with van der Waals surface area (Å²) in [6.45, 7) is 5.98. The zero-order valence-electron chi connectivity index (χ0n) is 9.49. The molecule has 82 valence electrons. The lowest BCUT2D eigenvalue weighted by Gasteiger charge is -2.14. The van der Waals surface area contributed by atoms with Crippen LogP contribution in [0, 0.1) is 6.92 Å². The predicted molar refractivity (Wildman–Crippen MR) is 58.4 cm³/mol. The molecule has 3 nitrogen and oxygen atoms in total. The molecule has 0 aromatic carbocycles. The molecule has 1 aliphatic rings. The summed E-state index contributed by atoms with van der Waals surface area (Å²) in [6.07, 6.45) is 4.64. The Balaban J connectivity index is 2.15. The summed E-state index contributed by atoms with van der Waals surface area (Å²) >= 11 is 0. The van der Waals surface area contributed by atoms with Crippen LogP contribution in [0.4, 0.5) is 0 Å². The van der Waals surface area contributed by atoms with E-state index in [1.165, 1.54) is 12.8 Å². The van der Waals surface area contributed by atoms with Crippen molar-refractivity contribution in [2.24, 2.45) is 0 Å². The molecule has 0 aliphatic heterocycles. The molecular weight excluding hydrogens is 190 g/mol. The summed E-state index contributed by atoms with van der Waals surface area (Å²) in [7, 11) is 0. The van der Waals surface area contributed by atoms with Crippen LogP contribution in [-0.2, 0) is 0 Å². The van der Waals surface area contributed by atoms with Crippen LogP contribution < -0.4 is 9.47 Å². The van der Waals surface area contributed by atoms with E-state index in [0.717, 1.165) is 11.3 Å². The van der Waals surface area contributed by atoms with Crippen molar-refractivity contribution in [3.63, 3.8) is 0 Å². The second kappa shape index (κ2) is 4.09. The van der Waals surface area contributed by atoms with Crippen molar-refractivity contribution in [3.05, 3.63) is 17.8 Å². The largest absolute Gasteiger partial charge is 0.490 e. The fourth-order valence-electron chi connectivity index (χ4n) is 1.34. The Morgan fingerprint density at radius 2 is 2.13 bits per heavy atom. The Morgan fingerprint density at radius 1 is 1.40 bits per heavy atom. The SMILES string of the molecule is Cc1c(OC2CC2)ccnc1OC(C)C. The Bertz CT molecular complexity index is 323. The van der Waals surface area contributed by atoms with E-state index < -0.39 is 0 Å². The van der Waals surface area contributed by atoms with E-state index in [2.05, 4.69) is 4.98 Å². The van der Waals surface area contributed by atoms with Crippen molar-refractivity contribution in [1.82, 2.24) is 4.98 Å². The number of nitrogens with zero attached hydrogens (tertiary/aromatic N) is 1. The minimum Gasteiger partial charge on any atom is -0.490 e. The molecule has 1 aliphatic carbocycles. The van der Waals surface area contributed by atoms with Crippen LogP contribution in [0.3, 0.4) is 0 Å². The van der Waals surface area contributed by atoms with Gasteiger partial charge in [0.2, 0.25) is 5.88 Å². The topological polar surface area (TPSA) is 31.4 Å². The van der Waals surface area contributed by atoms with Crippen LogP contribution in [0.5, 0.6) is 11.6 Å². The minimum atomic E-state index is 0.146. The molecule has 1 aromatic rings. The average Bonchev–Trinajstić information content (AvgIpc) is 2.95. The van der Waals surface area contributed by atoms with E-state index in [9.17, 15) is 0 Å². The van der Waals surface area contributed by atoms with Crippen LogP contribution in [-0.4, -0.2) is 17.2 Å². The molecule has 1 heterocycles. The van der Waals surface area contributed by atoms with Crippen molar-refractivity contribution >= 4 is 0 Å². The molecule has 0 N–H and O–H groups in total. The number of pyridine rings is 1. The first-order chi connectivity index (χ1) is 7.16. The third-order valence-corrected chi connectivity index (χ3v) is 2.27. The molecule has 0 bridgehead atoms. The zero-order valence-corrected chi connectivity index (χ0v) is 9.49. The van der Waals surface area contributed by atoms with Gasteiger partial charge in [0.05, 0.1) is 17.8 Å². The van der Waals surface area contributed by atoms with Crippen LogP contribution >= 0.6 is 0 Å². The van der Waals surface area contributed by atoms with Gasteiger partial charge in [-0.2, -0.15) is 0 Å². The smallest absolute Gasteiger partial charge is 0.220 e. The van der Waals surface area contributed by atoms with Gasteiger partial charge in [-0.05, 0) is 39.7 Å². The molecule has 0 radical (unpaired) electrons. The second-order valence-corrected chi connectivity index (χ2v) is 4.22. The molecule has 0 saturated heterocycles. The third kappa shape index (κ3) is 2.61. The van der Waals surface area contributed by atoms with Crippen LogP contribution in [0.25, 0.3) is 0 Å². The monoisotopic (exact) mass is 207 g/mol. The van der Waals surface area contributed by atoms with E-state index in [1.54, 1.807) is 6.20 Å². The number of rotatable bonds is 4. The van der Waals surface area contributed by atoms with Gasteiger partial charge in [-0.1, -0.05) is 0 Å². The normalized spacial score (nSPS) is 15.5. The Labute approximate surface area is 90.4 Å². The number of hydrogen-bond donors (Lipinski definition) is 0. The molecule has 0 atom stereocenters. The third-order valence-electron chi connectivity index (χ3n) is 2.27. The highest BCUT2D eigenvalue weighted by molar-refractivity contribution is 5.38. The average molecular weight is 207 g/mol. The molecule has 0 amide bonds. The van der Waals surface area contributed by atoms with Gasteiger partial charge >= 0.3 is 0 Å². The maximum Gasteiger partial charge on any atom is 0.220 e. The number of hydrogen-bond acceptors (Lipinski definition) is 3. The van der Waals surface area contributed by atoms with E-state index in [1.807, 2.05) is 26.8 Å². The van der Waals surface area contributed by atoms with Gasteiger partial charge in [0.15, 0.2) is 0 Å². The van der Waals surface area contributed by atoms with Crippen LogP contribution in [0.2, 0.25) is 0 Å². The van der Waals surface area contributed by atoms with Gasteiger partial charge in [-0.3, -0.25) is 0 Å². The second-order valence-electron chi connectivity index (χ2n) is 4.22. The summed E-state index contributed by atoms with van der Waals surface area (Å²) in [4.78, 5) is 4.20. The van der Waals surface area contributed by atoms with Gasteiger partial charge in [-0.25, -0.2) is 4.98 Å². The molecule has 0 spiro atoms. The van der Waals surface area contributed by atoms with Gasteiger partial charge in [0.1, 0.15) is 5.75 Å². The van der Waals surface area contributed by atoms with Crippen molar-refractivity contribution in [2.45, 2.75) is 45.8 Å². The molecule has 2 rings (SSSR count). The summed E-state index contributed by atoms with van der Waals surface area (Å²) in [5, 5.41) is 0. The van der Waals surface area contributed by atoms with Crippen LogP contribution in [0.15, 0.2) is 12.3 Å². The highest BCUT2D eigenvalue weighted by Gasteiger charge is 2.24. The van der Waals surface area contributed by atoms with Crippen LogP contribution in [0.1, 0.15) is 32.3 Å². The Hall–Kier alpha value is -1.25. The Kier molecular flexibility index (Phi) is 2.80. The number of ether oxygens (including phenoxy) is 2.